The maximum Gasteiger partial charge on any atom is 0.319 e. The molecule has 0 bridgehead atoms. The van der Waals surface area contributed by atoms with E-state index in [-0.39, 0.29) is 24.4 Å². The zero-order chi connectivity index (χ0) is 16.7. The number of nitrogens with one attached hydrogen (secondary N) is 2. The summed E-state index contributed by atoms with van der Waals surface area (Å²) in [5.74, 6) is -0.290. The monoisotopic (exact) mass is 316 g/mol. The first-order valence-corrected chi connectivity index (χ1v) is 7.57. The summed E-state index contributed by atoms with van der Waals surface area (Å²) in [6, 6.07) is 13.6. The van der Waals surface area contributed by atoms with Crippen molar-refractivity contribution >= 4 is 11.7 Å². The summed E-state index contributed by atoms with van der Waals surface area (Å²) < 4.78 is 13.1. The number of aryl methyl sites for hydroxylation is 1. The standard InChI is InChI=1S/C18H21FN2O2/c1-13-11-16(19)7-8-17(13)21-18(23)20-12-15(9-10-22)14-5-3-2-4-6-14/h2-8,11,15,22H,9-10,12H2,1H3,(H2,20,21,23). The maximum absolute atomic E-state index is 13.1. The third-order valence-electron chi connectivity index (χ3n) is 3.69. The molecule has 1 unspecified atom stereocenters. The van der Waals surface area contributed by atoms with Crippen LogP contribution in [0.15, 0.2) is 48.5 Å². The summed E-state index contributed by atoms with van der Waals surface area (Å²) in [5, 5.41) is 14.7. The summed E-state index contributed by atoms with van der Waals surface area (Å²) in [6.45, 7) is 2.20. The number of urea groups is 1. The van der Waals surface area contributed by atoms with Crippen molar-refractivity contribution in [3.63, 3.8) is 0 Å². The number of aliphatic hydroxyl groups is 1. The van der Waals surface area contributed by atoms with Gasteiger partial charge in [0.2, 0.25) is 0 Å². The zero-order valence-electron chi connectivity index (χ0n) is 13.1. The van der Waals surface area contributed by atoms with Crippen LogP contribution in [-0.2, 0) is 0 Å². The van der Waals surface area contributed by atoms with Gasteiger partial charge in [0.05, 0.1) is 0 Å². The lowest BCUT2D eigenvalue weighted by Gasteiger charge is -2.17. The molecule has 0 saturated carbocycles. The van der Waals surface area contributed by atoms with E-state index in [1.807, 2.05) is 30.3 Å². The Bertz CT molecular complexity index is 647. The number of hydrogen-bond acceptors (Lipinski definition) is 2. The number of halogens is 1. The quantitative estimate of drug-likeness (QED) is 0.764. The van der Waals surface area contributed by atoms with Crippen LogP contribution in [0.2, 0.25) is 0 Å². The molecule has 0 aliphatic rings. The molecule has 0 radical (unpaired) electrons. The van der Waals surface area contributed by atoms with Gasteiger partial charge in [0, 0.05) is 24.8 Å². The van der Waals surface area contributed by atoms with Crippen molar-refractivity contribution in [2.75, 3.05) is 18.5 Å². The molecular weight excluding hydrogens is 295 g/mol. The predicted molar refractivity (Wildman–Crippen MR) is 89.0 cm³/mol. The van der Waals surface area contributed by atoms with Gasteiger partial charge in [-0.05, 0) is 42.7 Å². The number of carbonyl (C=O) groups excluding carboxylic acids is 1. The van der Waals surface area contributed by atoms with E-state index in [2.05, 4.69) is 10.6 Å². The van der Waals surface area contributed by atoms with E-state index < -0.39 is 0 Å². The Labute approximate surface area is 135 Å². The molecule has 0 fully saturated rings. The SMILES string of the molecule is Cc1cc(F)ccc1NC(=O)NCC(CCO)c1ccccc1. The summed E-state index contributed by atoms with van der Waals surface area (Å²) >= 11 is 0. The normalized spacial score (nSPS) is 11.8. The van der Waals surface area contributed by atoms with Crippen molar-refractivity contribution in [3.05, 3.63) is 65.5 Å². The fraction of sp³-hybridized carbons (Fsp3) is 0.278. The van der Waals surface area contributed by atoms with Crippen LogP contribution in [0.1, 0.15) is 23.5 Å². The van der Waals surface area contributed by atoms with Crippen LogP contribution >= 0.6 is 0 Å². The third kappa shape index (κ3) is 5.07. The molecule has 0 aliphatic carbocycles. The van der Waals surface area contributed by atoms with Crippen LogP contribution in [0.25, 0.3) is 0 Å². The van der Waals surface area contributed by atoms with Gasteiger partial charge in [0.15, 0.2) is 0 Å². The summed E-state index contributed by atoms with van der Waals surface area (Å²) in [7, 11) is 0. The molecule has 0 aliphatic heterocycles. The van der Waals surface area contributed by atoms with E-state index in [1.165, 1.54) is 18.2 Å². The number of amides is 2. The predicted octanol–water partition coefficient (Wildman–Crippen LogP) is 3.42. The van der Waals surface area contributed by atoms with Crippen LogP contribution in [-0.4, -0.2) is 24.3 Å². The molecule has 0 heterocycles. The molecule has 2 rings (SSSR count). The van der Waals surface area contributed by atoms with E-state index in [0.29, 0.717) is 24.2 Å². The van der Waals surface area contributed by atoms with Gasteiger partial charge in [-0.15, -0.1) is 0 Å². The molecule has 1 atom stereocenters. The van der Waals surface area contributed by atoms with Gasteiger partial charge < -0.3 is 15.7 Å². The van der Waals surface area contributed by atoms with Crippen LogP contribution < -0.4 is 10.6 Å². The van der Waals surface area contributed by atoms with Gasteiger partial charge in [-0.3, -0.25) is 0 Å². The van der Waals surface area contributed by atoms with Crippen LogP contribution in [0.4, 0.5) is 14.9 Å². The highest BCUT2D eigenvalue weighted by Gasteiger charge is 2.13. The van der Waals surface area contributed by atoms with Crippen molar-refractivity contribution in [1.82, 2.24) is 5.32 Å². The minimum atomic E-state index is -0.349. The van der Waals surface area contributed by atoms with Crippen LogP contribution in [0.5, 0.6) is 0 Å². The summed E-state index contributed by atoms with van der Waals surface area (Å²) in [4.78, 5) is 12.0. The van der Waals surface area contributed by atoms with E-state index in [1.54, 1.807) is 6.92 Å². The molecule has 0 spiro atoms. The second kappa shape index (κ2) is 8.29. The van der Waals surface area contributed by atoms with E-state index >= 15 is 0 Å². The molecule has 0 saturated heterocycles. The van der Waals surface area contributed by atoms with Crippen molar-refractivity contribution in [2.24, 2.45) is 0 Å². The molecule has 0 aromatic heterocycles. The average Bonchev–Trinajstić information content (AvgIpc) is 2.55. The van der Waals surface area contributed by atoms with E-state index in [4.69, 9.17) is 0 Å². The Balaban J connectivity index is 1.94. The van der Waals surface area contributed by atoms with Crippen molar-refractivity contribution in [1.29, 1.82) is 0 Å². The molecule has 4 nitrogen and oxygen atoms in total. The maximum atomic E-state index is 13.1. The van der Waals surface area contributed by atoms with Gasteiger partial charge in [-0.2, -0.15) is 0 Å². The number of anilines is 1. The molecule has 2 aromatic carbocycles. The molecule has 3 N–H and O–H groups in total. The second-order valence-corrected chi connectivity index (χ2v) is 5.41. The number of benzene rings is 2. The molecule has 122 valence electrons. The summed E-state index contributed by atoms with van der Waals surface area (Å²) in [5.41, 5.74) is 2.30. The molecule has 5 heteroatoms. The van der Waals surface area contributed by atoms with Crippen molar-refractivity contribution in [3.8, 4) is 0 Å². The molecule has 2 aromatic rings. The molecule has 23 heavy (non-hydrogen) atoms. The first-order valence-electron chi connectivity index (χ1n) is 7.57. The Morgan fingerprint density at radius 2 is 1.96 bits per heavy atom. The van der Waals surface area contributed by atoms with Crippen molar-refractivity contribution in [2.45, 2.75) is 19.3 Å². The smallest absolute Gasteiger partial charge is 0.319 e. The third-order valence-corrected chi connectivity index (χ3v) is 3.69. The zero-order valence-corrected chi connectivity index (χ0v) is 13.1. The van der Waals surface area contributed by atoms with E-state index in [9.17, 15) is 14.3 Å². The Hall–Kier alpha value is -2.40. The average molecular weight is 316 g/mol. The Morgan fingerprint density at radius 3 is 2.61 bits per heavy atom. The lowest BCUT2D eigenvalue weighted by Crippen LogP contribution is -2.32. The number of hydrogen-bond donors (Lipinski definition) is 3. The minimum absolute atomic E-state index is 0.0428. The number of carbonyl (C=O) groups is 1. The van der Waals surface area contributed by atoms with Gasteiger partial charge in [-0.1, -0.05) is 30.3 Å². The highest BCUT2D eigenvalue weighted by Crippen LogP contribution is 2.19. The van der Waals surface area contributed by atoms with Gasteiger partial charge in [-0.25, -0.2) is 9.18 Å². The first kappa shape index (κ1) is 17.0. The highest BCUT2D eigenvalue weighted by molar-refractivity contribution is 5.90. The van der Waals surface area contributed by atoms with Crippen molar-refractivity contribution < 1.29 is 14.3 Å². The topological polar surface area (TPSA) is 61.4 Å². The van der Waals surface area contributed by atoms with Gasteiger partial charge in [0.1, 0.15) is 5.82 Å². The minimum Gasteiger partial charge on any atom is -0.396 e. The first-order chi connectivity index (χ1) is 11.1. The highest BCUT2D eigenvalue weighted by atomic mass is 19.1. The fourth-order valence-electron chi connectivity index (χ4n) is 2.42. The molecular formula is C18H21FN2O2. The Morgan fingerprint density at radius 1 is 1.22 bits per heavy atom. The lowest BCUT2D eigenvalue weighted by molar-refractivity contribution is 0.248. The molecule has 2 amide bonds. The number of rotatable bonds is 6. The lowest BCUT2D eigenvalue weighted by atomic mass is 9.96. The fourth-order valence-corrected chi connectivity index (χ4v) is 2.42. The van der Waals surface area contributed by atoms with Gasteiger partial charge >= 0.3 is 6.03 Å². The second-order valence-electron chi connectivity index (χ2n) is 5.41. The van der Waals surface area contributed by atoms with Gasteiger partial charge in [0.25, 0.3) is 0 Å². The summed E-state index contributed by atoms with van der Waals surface area (Å²) in [6.07, 6.45) is 0.569. The Kier molecular flexibility index (Phi) is 6.11. The van der Waals surface area contributed by atoms with E-state index in [0.717, 1.165) is 5.56 Å². The van der Waals surface area contributed by atoms with Crippen LogP contribution in [0, 0.1) is 12.7 Å². The number of aliphatic hydroxyl groups excluding tert-OH is 1. The largest absolute Gasteiger partial charge is 0.396 e. The van der Waals surface area contributed by atoms with Crippen LogP contribution in [0.3, 0.4) is 0 Å².